The maximum atomic E-state index is 11.8. The number of fused-ring (bicyclic) bond motifs is 2. The van der Waals surface area contributed by atoms with Crippen LogP contribution in [-0.2, 0) is 0 Å². The molecule has 6 aromatic carbocycles. The Morgan fingerprint density at radius 3 is 1.37 bits per heavy atom. The predicted octanol–water partition coefficient (Wildman–Crippen LogP) is 6.34. The van der Waals surface area contributed by atoms with Crippen molar-refractivity contribution < 1.29 is 46.5 Å². The summed E-state index contributed by atoms with van der Waals surface area (Å²) in [5, 5.41) is 21.5. The van der Waals surface area contributed by atoms with E-state index in [0.717, 1.165) is 48.3 Å². The van der Waals surface area contributed by atoms with Gasteiger partial charge in [-0.05, 0) is 78.0 Å². The Kier molecular flexibility index (Phi) is 16.8. The van der Waals surface area contributed by atoms with Crippen LogP contribution in [0.1, 0.15) is 69.1 Å². The Morgan fingerprint density at radius 2 is 0.941 bits per heavy atom. The van der Waals surface area contributed by atoms with Crippen LogP contribution >= 0.6 is 34.5 Å². The van der Waals surface area contributed by atoms with E-state index in [1.54, 1.807) is 32.9 Å². The molecular weight excluding hydrogens is 933 g/mol. The van der Waals surface area contributed by atoms with Crippen LogP contribution in [0.5, 0.6) is 0 Å². The van der Waals surface area contributed by atoms with Crippen LogP contribution in [-0.4, -0.2) is 45.2 Å². The topological polar surface area (TPSA) is 109 Å². The van der Waals surface area contributed by atoms with E-state index in [1.165, 1.54) is 19.1 Å². The molecule has 0 saturated carbocycles. The predicted molar refractivity (Wildman–Crippen MR) is 217 cm³/mol. The first kappa shape index (κ1) is 41.9. The van der Waals surface area contributed by atoms with E-state index in [1.807, 2.05) is 97.1 Å². The summed E-state index contributed by atoms with van der Waals surface area (Å²) >= 11 is 6.43. The molecular formula is C41H37BBrI2O6-. The molecule has 0 heterocycles. The number of rotatable bonds is 6. The van der Waals surface area contributed by atoms with E-state index in [4.69, 9.17) is 10.0 Å². The molecule has 0 aromatic heterocycles. The van der Waals surface area contributed by atoms with E-state index < -0.39 is 7.12 Å². The van der Waals surface area contributed by atoms with Gasteiger partial charge in [0.2, 0.25) is 0 Å². The third kappa shape index (κ3) is 11.7. The second-order valence-electron chi connectivity index (χ2n) is 11.3. The average molecular weight is 970 g/mol. The van der Waals surface area contributed by atoms with E-state index in [0.29, 0.717) is 33.8 Å². The molecule has 262 valence electrons. The quantitative estimate of drug-likeness (QED) is 0.0874. The molecule has 0 atom stereocenters. The normalized spacial score (nSPS) is 10.1. The summed E-state index contributed by atoms with van der Waals surface area (Å²) in [7, 11) is -1.47. The van der Waals surface area contributed by atoms with Gasteiger partial charge in [0.05, 0.1) is 0 Å². The fourth-order valence-corrected chi connectivity index (χ4v) is 5.68. The fourth-order valence-electron chi connectivity index (χ4n) is 5.20. The van der Waals surface area contributed by atoms with Gasteiger partial charge in [-0.2, -0.15) is 0 Å². The molecule has 6 nitrogen and oxygen atoms in total. The van der Waals surface area contributed by atoms with Crippen LogP contribution in [0.3, 0.4) is 0 Å². The van der Waals surface area contributed by atoms with Crippen LogP contribution in [0.4, 0.5) is 0 Å². The summed E-state index contributed by atoms with van der Waals surface area (Å²) in [5.74, 6) is 0.195. The van der Waals surface area contributed by atoms with Crippen molar-refractivity contribution in [3.05, 3.63) is 148 Å². The summed E-state index contributed by atoms with van der Waals surface area (Å²) < 4.78 is 1.03. The van der Waals surface area contributed by atoms with Crippen molar-refractivity contribution in [1.29, 1.82) is 0 Å². The summed E-state index contributed by atoms with van der Waals surface area (Å²) in [6.07, 6.45) is 0. The Labute approximate surface area is 327 Å². The Hall–Kier alpha value is -3.56. The summed E-state index contributed by atoms with van der Waals surface area (Å²) in [5.41, 5.74) is 5.28. The Bertz CT molecular complexity index is 2150. The molecule has 10 heteroatoms. The van der Waals surface area contributed by atoms with Gasteiger partial charge >= 0.3 is 47.9 Å². The first-order valence-corrected chi connectivity index (χ1v) is 24.9. The maximum absolute atomic E-state index is 11.8. The SMILES string of the molecule is CC(=O)c1ccc(-c2ccc(C(C)=O)c3ccccc23)cc1.CC(=O)c1ccc(B(O)O)cc1.CC(=O)c1ccc(Br)c2ccccc12.C[I-]I. The number of Topliss-reactive ketones (excluding diaryl/α,β-unsaturated/α-hetero) is 4. The van der Waals surface area contributed by atoms with Crippen LogP contribution in [0, 0.1) is 0 Å². The standard InChI is InChI=1S/C20H16O2.C12H9BrO.C8H9BO3.CH3I2/c1-13(21)15-7-9-16(10-8-15)18-12-11-17(14(2)22)19-5-3-4-6-20(18)19;1-8(14)9-6-7-12(13)11-5-3-2-4-10(9)11;1-6(10)7-2-4-8(5-3-7)9(11)12;1-3-2/h3-12H,1-2H3;2-7H,1H3;2-5,11-12H,1H3;1H3/q;;;-1. The molecule has 2 N–H and O–H groups in total. The third-order valence-corrected chi connectivity index (χ3v) is 8.46. The number of carbonyl (C=O) groups excluding carboxylic acids is 4. The molecule has 51 heavy (non-hydrogen) atoms. The van der Waals surface area contributed by atoms with E-state index in [-0.39, 0.29) is 23.1 Å². The van der Waals surface area contributed by atoms with Gasteiger partial charge in [0.15, 0.2) is 23.1 Å². The van der Waals surface area contributed by atoms with Crippen molar-refractivity contribution in [2.24, 2.45) is 0 Å². The first-order valence-electron chi connectivity index (χ1n) is 15.7. The molecule has 0 aliphatic carbocycles. The number of ketones is 4. The first-order chi connectivity index (χ1) is 24.3. The van der Waals surface area contributed by atoms with Crippen LogP contribution in [0.25, 0.3) is 32.7 Å². The zero-order valence-corrected chi connectivity index (χ0v) is 34.7. The molecule has 0 fully saturated rings. The zero-order valence-electron chi connectivity index (χ0n) is 28.8. The van der Waals surface area contributed by atoms with Gasteiger partial charge in [-0.15, -0.1) is 0 Å². The zero-order chi connectivity index (χ0) is 37.7. The molecule has 6 rings (SSSR count). The van der Waals surface area contributed by atoms with Crippen molar-refractivity contribution in [1.82, 2.24) is 0 Å². The average Bonchev–Trinajstić information content (AvgIpc) is 3.12. The molecule has 0 aliphatic rings. The van der Waals surface area contributed by atoms with Gasteiger partial charge in [-0.25, -0.2) is 0 Å². The van der Waals surface area contributed by atoms with Gasteiger partial charge in [0, 0.05) is 26.7 Å². The minimum atomic E-state index is -1.47. The number of hydrogen-bond acceptors (Lipinski definition) is 6. The molecule has 0 spiro atoms. The summed E-state index contributed by atoms with van der Waals surface area (Å²) in [6.45, 7) is 6.20. The van der Waals surface area contributed by atoms with Crippen molar-refractivity contribution in [2.75, 3.05) is 4.93 Å². The third-order valence-electron chi connectivity index (χ3n) is 7.77. The number of hydrogen-bond donors (Lipinski definition) is 2. The number of benzene rings is 6. The second-order valence-corrected chi connectivity index (χ2v) is 18.4. The second kappa shape index (κ2) is 20.5. The Morgan fingerprint density at radius 1 is 0.549 bits per heavy atom. The summed E-state index contributed by atoms with van der Waals surface area (Å²) in [6, 6.07) is 37.2. The minimum absolute atomic E-state index is 0.0334. The molecule has 0 unspecified atom stereocenters. The van der Waals surface area contributed by atoms with Gasteiger partial charge < -0.3 is 10.0 Å². The van der Waals surface area contributed by atoms with Crippen LogP contribution in [0.15, 0.2) is 126 Å². The summed E-state index contributed by atoms with van der Waals surface area (Å²) in [4.78, 5) is 47.6. The van der Waals surface area contributed by atoms with Gasteiger partial charge in [0.25, 0.3) is 0 Å². The van der Waals surface area contributed by atoms with Gasteiger partial charge in [-0.3, -0.25) is 19.2 Å². The molecule has 0 saturated heterocycles. The van der Waals surface area contributed by atoms with Crippen molar-refractivity contribution in [3.8, 4) is 11.1 Å². The number of alkyl halides is 1. The van der Waals surface area contributed by atoms with E-state index in [2.05, 4.69) is 39.5 Å². The number of carbonyl (C=O) groups is 4. The van der Waals surface area contributed by atoms with Crippen LogP contribution in [0.2, 0.25) is 0 Å². The van der Waals surface area contributed by atoms with Crippen molar-refractivity contribution in [2.45, 2.75) is 27.7 Å². The molecule has 0 aliphatic heterocycles. The van der Waals surface area contributed by atoms with E-state index in [9.17, 15) is 19.2 Å². The fraction of sp³-hybridized carbons (Fsp3) is 0.122. The van der Waals surface area contributed by atoms with Gasteiger partial charge in [-0.1, -0.05) is 125 Å². The molecule has 6 aromatic rings. The molecule has 0 radical (unpaired) electrons. The van der Waals surface area contributed by atoms with Gasteiger partial charge in [0.1, 0.15) is 0 Å². The van der Waals surface area contributed by atoms with Crippen LogP contribution < -0.4 is 22.7 Å². The van der Waals surface area contributed by atoms with Crippen molar-refractivity contribution >= 4 is 91.8 Å². The number of halogens is 3. The Balaban J connectivity index is 0.000000210. The molecule has 0 bridgehead atoms. The molecule has 0 amide bonds. The van der Waals surface area contributed by atoms with Crippen molar-refractivity contribution in [3.63, 3.8) is 0 Å². The monoisotopic (exact) mass is 969 g/mol. The van der Waals surface area contributed by atoms with E-state index >= 15 is 0 Å².